The number of hydrogen-bond acceptors (Lipinski definition) is 11. The number of carbonyl (C=O) groups excluding carboxylic acids is 2. The Morgan fingerprint density at radius 1 is 0.667 bits per heavy atom. The van der Waals surface area contributed by atoms with Crippen LogP contribution in [0.15, 0.2) is 125 Å². The van der Waals surface area contributed by atoms with Crippen LogP contribution in [0.25, 0.3) is 21.5 Å². The highest BCUT2D eigenvalue weighted by Gasteiger charge is 2.13. The van der Waals surface area contributed by atoms with Crippen LogP contribution >= 0.6 is 23.2 Å². The normalized spacial score (nSPS) is 10.7. The number of amides is 1. The maximum Gasteiger partial charge on any atom is 0.337 e. The lowest BCUT2D eigenvalue weighted by Crippen LogP contribution is -2.25. The molecule has 16 heteroatoms. The van der Waals surface area contributed by atoms with E-state index in [-0.39, 0.29) is 30.1 Å². The minimum atomic E-state index is -0.436. The van der Waals surface area contributed by atoms with E-state index in [0.29, 0.717) is 62.2 Å². The topological polar surface area (TPSA) is 216 Å². The number of aromatic nitrogens is 5. The molecule has 0 aliphatic rings. The molecule has 0 aliphatic heterocycles. The summed E-state index contributed by atoms with van der Waals surface area (Å²) in [6.07, 6.45) is 6.48. The highest BCUT2D eigenvalue weighted by molar-refractivity contribution is 6.31. The molecular formula is C50H49Cl2N9O5. The van der Waals surface area contributed by atoms with E-state index in [4.69, 9.17) is 40.4 Å². The molecule has 0 saturated carbocycles. The predicted octanol–water partition coefficient (Wildman–Crippen LogP) is 7.85. The van der Waals surface area contributed by atoms with Crippen LogP contribution in [0.4, 0.5) is 11.5 Å². The van der Waals surface area contributed by atoms with Crippen LogP contribution in [0.5, 0.6) is 0 Å². The van der Waals surface area contributed by atoms with Gasteiger partial charge >= 0.3 is 5.97 Å². The zero-order valence-electron chi connectivity index (χ0n) is 37.1. The highest BCUT2D eigenvalue weighted by atomic mass is 35.5. The molecule has 338 valence electrons. The Morgan fingerprint density at radius 3 is 1.67 bits per heavy atom. The first-order valence-corrected chi connectivity index (χ1v) is 21.4. The van der Waals surface area contributed by atoms with Crippen molar-refractivity contribution in [2.45, 2.75) is 53.9 Å². The number of nitrogen functional groups attached to an aromatic ring is 2. The standard InChI is InChI=1S/C24H22ClN5O2.C17H13ClN2O3.C9H14N2/c1-14-9-22(26)29-15(2)21(14)12-28-23(31)17-5-7-27-19(11-17)13-30-8-6-16-10-18(25)3-4-20(16)24(30)32;1-23-17(22)12-4-6-19-14(9-12)10-20-7-5-11-8-13(18)2-3-15(11)16(20)21;1-6-3-8(11)4-7(2)9(6)5-10/h3-11H,12-13H2,1-2H3,(H2,26,29)(H,28,31);2-9H,10H2,1H3;3-4H,5,10-11H2,1-2H3. The van der Waals surface area contributed by atoms with Gasteiger partial charge in [0, 0.05) is 75.6 Å². The second-order valence-electron chi connectivity index (χ2n) is 15.5. The van der Waals surface area contributed by atoms with Crippen LogP contribution in [0.2, 0.25) is 10.0 Å². The number of hydrogen-bond donors (Lipinski definition) is 4. The number of nitrogens with two attached hydrogens (primary N) is 3. The molecule has 0 fully saturated rings. The van der Waals surface area contributed by atoms with Crippen molar-refractivity contribution in [2.75, 3.05) is 18.6 Å². The third kappa shape index (κ3) is 11.8. The van der Waals surface area contributed by atoms with Gasteiger partial charge in [0.15, 0.2) is 0 Å². The van der Waals surface area contributed by atoms with Gasteiger partial charge in [-0.1, -0.05) is 23.2 Å². The fourth-order valence-corrected chi connectivity index (χ4v) is 7.77. The minimum Gasteiger partial charge on any atom is -0.465 e. The second-order valence-corrected chi connectivity index (χ2v) is 16.3. The van der Waals surface area contributed by atoms with Crippen LogP contribution in [0.1, 0.15) is 65.6 Å². The van der Waals surface area contributed by atoms with Gasteiger partial charge in [-0.3, -0.25) is 24.4 Å². The molecule has 0 unspecified atom stereocenters. The highest BCUT2D eigenvalue weighted by Crippen LogP contribution is 2.20. The molecule has 1 amide bonds. The van der Waals surface area contributed by atoms with Crippen LogP contribution < -0.4 is 33.6 Å². The molecule has 8 rings (SSSR count). The number of benzene rings is 3. The summed E-state index contributed by atoms with van der Waals surface area (Å²) in [5, 5.41) is 6.81. The Kier molecular flexibility index (Phi) is 15.7. The van der Waals surface area contributed by atoms with E-state index in [1.54, 1.807) is 94.5 Å². The summed E-state index contributed by atoms with van der Waals surface area (Å²) in [4.78, 5) is 62.4. The lowest BCUT2D eigenvalue weighted by atomic mass is 10.0. The molecule has 0 spiro atoms. The van der Waals surface area contributed by atoms with E-state index in [1.165, 1.54) is 30.0 Å². The summed E-state index contributed by atoms with van der Waals surface area (Å²) >= 11 is 11.9. The molecule has 0 aliphatic carbocycles. The van der Waals surface area contributed by atoms with E-state index in [1.807, 2.05) is 52.0 Å². The number of fused-ring (bicyclic) bond motifs is 2. The van der Waals surface area contributed by atoms with Crippen LogP contribution in [0, 0.1) is 27.7 Å². The van der Waals surface area contributed by atoms with Crippen LogP contribution in [0.3, 0.4) is 0 Å². The van der Waals surface area contributed by atoms with Gasteiger partial charge < -0.3 is 36.4 Å². The van der Waals surface area contributed by atoms with E-state index in [9.17, 15) is 19.2 Å². The zero-order chi connectivity index (χ0) is 47.7. The first-order chi connectivity index (χ1) is 31.5. The van der Waals surface area contributed by atoms with Gasteiger partial charge in [0.1, 0.15) is 5.82 Å². The molecule has 14 nitrogen and oxygen atoms in total. The number of ether oxygens (including phenoxy) is 1. The number of aryl methyl sites for hydroxylation is 4. The average Bonchev–Trinajstić information content (AvgIpc) is 3.28. The quantitative estimate of drug-likeness (QED) is 0.0808. The number of carbonyl (C=O) groups is 2. The number of nitrogens with one attached hydrogen (secondary N) is 1. The molecule has 7 N–H and O–H groups in total. The van der Waals surface area contributed by atoms with Crippen molar-refractivity contribution >= 4 is 68.1 Å². The third-order valence-corrected chi connectivity index (χ3v) is 11.3. The molecule has 5 heterocycles. The van der Waals surface area contributed by atoms with Gasteiger partial charge in [-0.2, -0.15) is 0 Å². The molecule has 0 bridgehead atoms. The zero-order valence-corrected chi connectivity index (χ0v) is 38.6. The molecule has 0 atom stereocenters. The van der Waals surface area contributed by atoms with Gasteiger partial charge in [0.05, 0.1) is 37.2 Å². The Bertz CT molecular complexity index is 3180. The number of anilines is 2. The maximum absolute atomic E-state index is 12.8. The first-order valence-electron chi connectivity index (χ1n) is 20.7. The van der Waals surface area contributed by atoms with E-state index in [2.05, 4.69) is 25.0 Å². The SMILES string of the molecule is COC(=O)c1ccnc(Cn2ccc3cc(Cl)ccc3c2=O)c1.Cc1cc(N)cc(C)c1CN.Cc1cc(N)nc(C)c1CNC(=O)c1ccnc(Cn2ccc3cc(Cl)ccc3c2=O)c1. The lowest BCUT2D eigenvalue weighted by Gasteiger charge is -2.12. The van der Waals surface area contributed by atoms with Gasteiger partial charge in [-0.05, 0) is 157 Å². The Labute approximate surface area is 391 Å². The number of methoxy groups -OCH3 is 1. The van der Waals surface area contributed by atoms with Crippen molar-refractivity contribution in [1.29, 1.82) is 0 Å². The number of halogens is 2. The number of pyridine rings is 5. The molecular weight excluding hydrogens is 878 g/mol. The van der Waals surface area contributed by atoms with E-state index < -0.39 is 5.97 Å². The summed E-state index contributed by atoms with van der Waals surface area (Å²) in [5.74, 6) is -0.209. The summed E-state index contributed by atoms with van der Waals surface area (Å²) in [7, 11) is 1.32. The van der Waals surface area contributed by atoms with Gasteiger partial charge in [-0.25, -0.2) is 9.78 Å². The second kappa shape index (κ2) is 21.5. The predicted molar refractivity (Wildman–Crippen MR) is 262 cm³/mol. The summed E-state index contributed by atoms with van der Waals surface area (Å²) < 4.78 is 7.79. The molecule has 0 saturated heterocycles. The number of nitrogens with zero attached hydrogens (tertiary/aromatic N) is 5. The van der Waals surface area contributed by atoms with Gasteiger partial charge in [0.25, 0.3) is 17.0 Å². The minimum absolute atomic E-state index is 0.135. The van der Waals surface area contributed by atoms with Gasteiger partial charge in [0.2, 0.25) is 0 Å². The van der Waals surface area contributed by atoms with Crippen molar-refractivity contribution in [1.82, 2.24) is 29.4 Å². The molecule has 66 heavy (non-hydrogen) atoms. The van der Waals surface area contributed by atoms with Crippen molar-refractivity contribution in [3.05, 3.63) is 203 Å². The molecule has 8 aromatic rings. The maximum atomic E-state index is 12.8. The van der Waals surface area contributed by atoms with Crippen LogP contribution in [-0.2, 0) is 30.9 Å². The number of esters is 1. The van der Waals surface area contributed by atoms with Crippen molar-refractivity contribution < 1.29 is 14.3 Å². The monoisotopic (exact) mass is 925 g/mol. The molecule has 3 aromatic carbocycles. The average molecular weight is 927 g/mol. The summed E-state index contributed by atoms with van der Waals surface area (Å²) in [6, 6.07) is 26.2. The first kappa shape index (κ1) is 48.1. The Balaban J connectivity index is 0.000000184. The number of rotatable bonds is 9. The largest absolute Gasteiger partial charge is 0.465 e. The molecule has 5 aromatic heterocycles. The summed E-state index contributed by atoms with van der Waals surface area (Å²) in [5.41, 5.74) is 25.9. The van der Waals surface area contributed by atoms with Crippen molar-refractivity contribution in [2.24, 2.45) is 5.73 Å². The fourth-order valence-electron chi connectivity index (χ4n) is 7.41. The summed E-state index contributed by atoms with van der Waals surface area (Å²) in [6.45, 7) is 9.32. The smallest absolute Gasteiger partial charge is 0.337 e. The van der Waals surface area contributed by atoms with Crippen LogP contribution in [-0.4, -0.2) is 43.1 Å². The Morgan fingerprint density at radius 2 is 1.17 bits per heavy atom. The van der Waals surface area contributed by atoms with Gasteiger partial charge in [-0.15, -0.1) is 0 Å². The van der Waals surface area contributed by atoms with E-state index in [0.717, 1.165) is 33.3 Å². The Hall–Kier alpha value is -7.39. The fraction of sp³-hybridized carbons (Fsp3) is 0.180. The molecule has 0 radical (unpaired) electrons. The van der Waals surface area contributed by atoms with Crippen molar-refractivity contribution in [3.8, 4) is 0 Å². The lowest BCUT2D eigenvalue weighted by molar-refractivity contribution is 0.0600. The van der Waals surface area contributed by atoms with E-state index >= 15 is 0 Å². The van der Waals surface area contributed by atoms with Crippen molar-refractivity contribution in [3.63, 3.8) is 0 Å². The third-order valence-electron chi connectivity index (χ3n) is 10.8.